The van der Waals surface area contributed by atoms with Crippen molar-refractivity contribution in [3.05, 3.63) is 34.9 Å². The first kappa shape index (κ1) is 15.8. The summed E-state index contributed by atoms with van der Waals surface area (Å²) in [6.07, 6.45) is 0. The van der Waals surface area contributed by atoms with Crippen LogP contribution in [0.25, 0.3) is 0 Å². The van der Waals surface area contributed by atoms with E-state index in [9.17, 15) is 8.42 Å². The molecule has 0 amide bonds. The Morgan fingerprint density at radius 2 is 1.95 bits per heavy atom. The van der Waals surface area contributed by atoms with Gasteiger partial charge in [0.25, 0.3) is 9.05 Å². The van der Waals surface area contributed by atoms with Crippen LogP contribution < -0.4 is 4.74 Å². The van der Waals surface area contributed by atoms with Gasteiger partial charge in [0.15, 0.2) is 0 Å². The van der Waals surface area contributed by atoms with Crippen molar-refractivity contribution in [2.75, 3.05) is 7.11 Å². The molecule has 0 unspecified atom stereocenters. The molecule has 0 atom stereocenters. The van der Waals surface area contributed by atoms with Gasteiger partial charge in [0.2, 0.25) is 0 Å². The lowest BCUT2D eigenvalue weighted by atomic mass is 10.3. The highest BCUT2D eigenvalue weighted by molar-refractivity contribution is 8.13. The van der Waals surface area contributed by atoms with Gasteiger partial charge in [-0.05, 0) is 20.8 Å². The van der Waals surface area contributed by atoms with Crippen LogP contribution in [0.1, 0.15) is 22.8 Å². The maximum atomic E-state index is 11.6. The Hall–Kier alpha value is -1.60. The average Bonchev–Trinajstić information content (AvgIpc) is 2.62. The molecule has 0 fully saturated rings. The fraction of sp³-hybridized carbons (Fsp3) is 0.385. The van der Waals surface area contributed by atoms with E-state index in [-0.39, 0.29) is 4.90 Å². The van der Waals surface area contributed by atoms with E-state index >= 15 is 0 Å². The number of halogens is 1. The Morgan fingerprint density at radius 3 is 2.48 bits per heavy atom. The van der Waals surface area contributed by atoms with Crippen LogP contribution in [-0.4, -0.2) is 30.3 Å². The third-order valence-corrected chi connectivity index (χ3v) is 4.63. The molecule has 0 aliphatic rings. The third kappa shape index (κ3) is 3.36. The van der Waals surface area contributed by atoms with Gasteiger partial charge in [-0.1, -0.05) is 0 Å². The van der Waals surface area contributed by atoms with Gasteiger partial charge < -0.3 is 4.74 Å². The summed E-state index contributed by atoms with van der Waals surface area (Å²) >= 11 is 0. The molecule has 0 saturated carbocycles. The van der Waals surface area contributed by atoms with Crippen LogP contribution in [0, 0.1) is 20.8 Å². The minimum absolute atomic E-state index is 0.0591. The van der Waals surface area contributed by atoms with E-state index in [4.69, 9.17) is 15.4 Å². The molecule has 0 saturated heterocycles. The number of rotatable bonds is 4. The smallest absolute Gasteiger partial charge is 0.264 e. The summed E-state index contributed by atoms with van der Waals surface area (Å²) in [5.74, 6) is 0.698. The van der Waals surface area contributed by atoms with Gasteiger partial charge in [0.1, 0.15) is 10.6 Å². The SMILES string of the molecule is COc1cc(C)nc(Cn2nc(C)c(S(=O)(=O)Cl)c2C)c1. The van der Waals surface area contributed by atoms with Gasteiger partial charge in [0, 0.05) is 28.5 Å². The fourth-order valence-electron chi connectivity index (χ4n) is 2.24. The van der Waals surface area contributed by atoms with E-state index in [1.165, 1.54) is 0 Å². The van der Waals surface area contributed by atoms with Gasteiger partial charge in [-0.15, -0.1) is 0 Å². The Labute approximate surface area is 128 Å². The molecule has 2 heterocycles. The predicted octanol–water partition coefficient (Wildman–Crippen LogP) is 2.19. The molecule has 0 aliphatic carbocycles. The summed E-state index contributed by atoms with van der Waals surface area (Å²) in [6, 6.07) is 3.61. The molecule has 0 aromatic carbocycles. The Bertz CT molecular complexity index is 784. The number of hydrogen-bond acceptors (Lipinski definition) is 5. The second kappa shape index (κ2) is 5.65. The Kier molecular flexibility index (Phi) is 4.25. The van der Waals surface area contributed by atoms with Crippen molar-refractivity contribution in [1.82, 2.24) is 14.8 Å². The number of aromatic nitrogens is 3. The van der Waals surface area contributed by atoms with Crippen LogP contribution in [0.15, 0.2) is 17.0 Å². The van der Waals surface area contributed by atoms with Crippen LogP contribution in [0.3, 0.4) is 0 Å². The first-order valence-electron chi connectivity index (χ1n) is 6.22. The van der Waals surface area contributed by atoms with Crippen LogP contribution in [0.4, 0.5) is 0 Å². The number of aryl methyl sites for hydroxylation is 2. The normalized spacial score (nSPS) is 11.7. The highest BCUT2D eigenvalue weighted by atomic mass is 35.7. The van der Waals surface area contributed by atoms with Crippen molar-refractivity contribution in [3.8, 4) is 5.75 Å². The van der Waals surface area contributed by atoms with Crippen LogP contribution in [0.5, 0.6) is 5.75 Å². The van der Waals surface area contributed by atoms with Crippen molar-refractivity contribution in [2.45, 2.75) is 32.2 Å². The molecule has 0 bridgehead atoms. The topological polar surface area (TPSA) is 74.1 Å². The summed E-state index contributed by atoms with van der Waals surface area (Å²) in [6.45, 7) is 5.49. The van der Waals surface area contributed by atoms with Gasteiger partial charge in [-0.25, -0.2) is 8.42 Å². The first-order valence-corrected chi connectivity index (χ1v) is 8.53. The third-order valence-electron chi connectivity index (χ3n) is 3.09. The van der Waals surface area contributed by atoms with Gasteiger partial charge in [0.05, 0.1) is 30.7 Å². The van der Waals surface area contributed by atoms with E-state index in [2.05, 4.69) is 10.1 Å². The average molecular weight is 330 g/mol. The standard InChI is InChI=1S/C13H16ClN3O3S/c1-8-5-12(20-4)6-11(15-8)7-17-10(3)13(9(2)16-17)21(14,18)19/h5-6H,7H2,1-4H3. The molecule has 0 N–H and O–H groups in total. The molecule has 0 aliphatic heterocycles. The van der Waals surface area contributed by atoms with Crippen LogP contribution in [-0.2, 0) is 15.6 Å². The van der Waals surface area contributed by atoms with Gasteiger partial charge >= 0.3 is 0 Å². The van der Waals surface area contributed by atoms with E-state index in [0.29, 0.717) is 23.7 Å². The van der Waals surface area contributed by atoms with Crippen LogP contribution >= 0.6 is 10.7 Å². The summed E-state index contributed by atoms with van der Waals surface area (Å²) in [5, 5.41) is 4.23. The molecule has 0 spiro atoms. The van der Waals surface area contributed by atoms with Crippen molar-refractivity contribution in [3.63, 3.8) is 0 Å². The zero-order valence-corrected chi connectivity index (χ0v) is 13.8. The van der Waals surface area contributed by atoms with Crippen LogP contribution in [0.2, 0.25) is 0 Å². The Morgan fingerprint density at radius 1 is 1.29 bits per heavy atom. The van der Waals surface area contributed by atoms with E-state index < -0.39 is 9.05 Å². The monoisotopic (exact) mass is 329 g/mol. The number of ether oxygens (including phenoxy) is 1. The molecule has 2 aromatic rings. The molecule has 114 valence electrons. The zero-order valence-electron chi connectivity index (χ0n) is 12.2. The lowest BCUT2D eigenvalue weighted by Crippen LogP contribution is -2.07. The van der Waals surface area contributed by atoms with Crippen molar-refractivity contribution >= 4 is 19.7 Å². The molecule has 0 radical (unpaired) electrons. The minimum atomic E-state index is -3.81. The zero-order chi connectivity index (χ0) is 15.8. The number of hydrogen-bond donors (Lipinski definition) is 0. The number of pyridine rings is 1. The molecular formula is C13H16ClN3O3S. The summed E-state index contributed by atoms with van der Waals surface area (Å²) in [5.41, 5.74) is 2.42. The number of methoxy groups -OCH3 is 1. The lowest BCUT2D eigenvalue weighted by molar-refractivity contribution is 0.412. The molecule has 8 heteroatoms. The summed E-state index contributed by atoms with van der Waals surface area (Å²) < 4.78 is 29.9. The Balaban J connectivity index is 2.44. The second-order valence-electron chi connectivity index (χ2n) is 4.74. The van der Waals surface area contributed by atoms with E-state index in [1.807, 2.05) is 13.0 Å². The molecule has 21 heavy (non-hydrogen) atoms. The number of nitrogens with zero attached hydrogens (tertiary/aromatic N) is 3. The fourth-order valence-corrected chi connectivity index (χ4v) is 3.76. The molecule has 6 nitrogen and oxygen atoms in total. The highest BCUT2D eigenvalue weighted by Gasteiger charge is 2.22. The van der Waals surface area contributed by atoms with Crippen molar-refractivity contribution < 1.29 is 13.2 Å². The maximum Gasteiger partial charge on any atom is 0.264 e. The highest BCUT2D eigenvalue weighted by Crippen LogP contribution is 2.24. The first-order chi connectivity index (χ1) is 9.72. The summed E-state index contributed by atoms with van der Waals surface area (Å²) in [4.78, 5) is 4.46. The quantitative estimate of drug-likeness (QED) is 0.804. The van der Waals surface area contributed by atoms with Gasteiger partial charge in [-0.3, -0.25) is 9.67 Å². The van der Waals surface area contributed by atoms with Gasteiger partial charge in [-0.2, -0.15) is 5.10 Å². The molecule has 2 rings (SSSR count). The largest absolute Gasteiger partial charge is 0.497 e. The molecule has 2 aromatic heterocycles. The second-order valence-corrected chi connectivity index (χ2v) is 7.24. The maximum absolute atomic E-state index is 11.6. The van der Waals surface area contributed by atoms with Crippen molar-refractivity contribution in [1.29, 1.82) is 0 Å². The molecular weight excluding hydrogens is 314 g/mol. The lowest BCUT2D eigenvalue weighted by Gasteiger charge is -2.08. The summed E-state index contributed by atoms with van der Waals surface area (Å²) in [7, 11) is 3.21. The minimum Gasteiger partial charge on any atom is -0.497 e. The van der Waals surface area contributed by atoms with E-state index in [1.54, 1.807) is 31.7 Å². The van der Waals surface area contributed by atoms with E-state index in [0.717, 1.165) is 11.4 Å². The van der Waals surface area contributed by atoms with Crippen molar-refractivity contribution in [2.24, 2.45) is 0 Å². The predicted molar refractivity (Wildman–Crippen MR) is 79.4 cm³/mol.